The van der Waals surface area contributed by atoms with Crippen molar-refractivity contribution in [1.29, 1.82) is 0 Å². The maximum absolute atomic E-state index is 12.6. The van der Waals surface area contributed by atoms with Crippen molar-refractivity contribution in [3.05, 3.63) is 29.0 Å². The highest BCUT2D eigenvalue weighted by molar-refractivity contribution is 7.13. The van der Waals surface area contributed by atoms with Crippen LogP contribution in [0.25, 0.3) is 10.8 Å². The topological polar surface area (TPSA) is 55.6 Å². The SMILES string of the molecule is CCOC[C@@H]1CCCN(C(=O)Cc2csc(-c3ccc(C)o3)n2)C1. The van der Waals surface area contributed by atoms with Crippen LogP contribution < -0.4 is 0 Å². The number of amides is 1. The van der Waals surface area contributed by atoms with Gasteiger partial charge in [-0.25, -0.2) is 4.98 Å². The minimum atomic E-state index is 0.156. The minimum absolute atomic E-state index is 0.156. The maximum Gasteiger partial charge on any atom is 0.228 e. The van der Waals surface area contributed by atoms with Gasteiger partial charge in [0.05, 0.1) is 18.7 Å². The average Bonchev–Trinajstić information content (AvgIpc) is 3.22. The largest absolute Gasteiger partial charge is 0.459 e. The minimum Gasteiger partial charge on any atom is -0.459 e. The average molecular weight is 348 g/mol. The van der Waals surface area contributed by atoms with Gasteiger partial charge in [0.2, 0.25) is 5.91 Å². The first-order valence-electron chi connectivity index (χ1n) is 8.52. The van der Waals surface area contributed by atoms with Crippen molar-refractivity contribution in [3.8, 4) is 10.8 Å². The van der Waals surface area contributed by atoms with Gasteiger partial charge in [0.1, 0.15) is 5.76 Å². The predicted molar refractivity (Wildman–Crippen MR) is 94.1 cm³/mol. The van der Waals surface area contributed by atoms with E-state index < -0.39 is 0 Å². The third-order valence-electron chi connectivity index (χ3n) is 4.26. The van der Waals surface area contributed by atoms with Gasteiger partial charge < -0.3 is 14.1 Å². The van der Waals surface area contributed by atoms with Crippen LogP contribution in [0.2, 0.25) is 0 Å². The fourth-order valence-corrected chi connectivity index (χ4v) is 3.81. The number of aryl methyl sites for hydroxylation is 1. The number of thiazole rings is 1. The van der Waals surface area contributed by atoms with Crippen LogP contribution in [0.3, 0.4) is 0 Å². The van der Waals surface area contributed by atoms with Gasteiger partial charge in [0.15, 0.2) is 10.8 Å². The van der Waals surface area contributed by atoms with Crippen molar-refractivity contribution in [2.75, 3.05) is 26.3 Å². The quantitative estimate of drug-likeness (QED) is 0.801. The normalized spacial score (nSPS) is 18.1. The lowest BCUT2D eigenvalue weighted by atomic mass is 9.98. The zero-order valence-corrected chi connectivity index (χ0v) is 15.1. The monoisotopic (exact) mass is 348 g/mol. The number of furan rings is 1. The summed E-state index contributed by atoms with van der Waals surface area (Å²) in [4.78, 5) is 19.1. The molecule has 5 nitrogen and oxygen atoms in total. The van der Waals surface area contributed by atoms with Crippen molar-refractivity contribution < 1.29 is 13.9 Å². The lowest BCUT2D eigenvalue weighted by molar-refractivity contribution is -0.132. The molecule has 1 aliphatic heterocycles. The van der Waals surface area contributed by atoms with Gasteiger partial charge in [-0.15, -0.1) is 11.3 Å². The second-order valence-corrected chi connectivity index (χ2v) is 7.10. The molecule has 0 aliphatic carbocycles. The molecule has 3 rings (SSSR count). The molecule has 1 saturated heterocycles. The van der Waals surface area contributed by atoms with Crippen molar-refractivity contribution in [3.63, 3.8) is 0 Å². The molecule has 0 aromatic carbocycles. The number of ether oxygens (including phenoxy) is 1. The molecule has 3 heterocycles. The third kappa shape index (κ3) is 4.24. The Labute approximate surface area is 146 Å². The molecule has 6 heteroatoms. The van der Waals surface area contributed by atoms with E-state index in [1.54, 1.807) is 0 Å². The Hall–Kier alpha value is -1.66. The highest BCUT2D eigenvalue weighted by Gasteiger charge is 2.24. The van der Waals surface area contributed by atoms with Gasteiger partial charge in [-0.2, -0.15) is 0 Å². The Morgan fingerprint density at radius 2 is 2.38 bits per heavy atom. The van der Waals surface area contributed by atoms with Gasteiger partial charge in [-0.3, -0.25) is 4.79 Å². The smallest absolute Gasteiger partial charge is 0.228 e. The number of carbonyl (C=O) groups is 1. The van der Waals surface area contributed by atoms with E-state index in [0.29, 0.717) is 12.3 Å². The van der Waals surface area contributed by atoms with Crippen molar-refractivity contribution in [1.82, 2.24) is 9.88 Å². The Balaban J connectivity index is 1.57. The van der Waals surface area contributed by atoms with Gasteiger partial charge >= 0.3 is 0 Å². The summed E-state index contributed by atoms with van der Waals surface area (Å²) < 4.78 is 11.1. The Morgan fingerprint density at radius 3 is 3.12 bits per heavy atom. The number of carbonyl (C=O) groups excluding carboxylic acids is 1. The molecule has 130 valence electrons. The summed E-state index contributed by atoms with van der Waals surface area (Å²) in [5, 5.41) is 2.78. The first-order valence-corrected chi connectivity index (χ1v) is 9.40. The van der Waals surface area contributed by atoms with Crippen LogP contribution in [0.5, 0.6) is 0 Å². The number of hydrogen-bond donors (Lipinski definition) is 0. The molecular formula is C18H24N2O3S. The van der Waals surface area contributed by atoms with E-state index >= 15 is 0 Å². The summed E-state index contributed by atoms with van der Waals surface area (Å²) in [5.41, 5.74) is 0.820. The van der Waals surface area contributed by atoms with Crippen LogP contribution >= 0.6 is 11.3 Å². The highest BCUT2D eigenvalue weighted by atomic mass is 32.1. The van der Waals surface area contributed by atoms with Crippen LogP contribution in [-0.4, -0.2) is 42.1 Å². The van der Waals surface area contributed by atoms with Gasteiger partial charge in [-0.1, -0.05) is 0 Å². The number of hydrogen-bond acceptors (Lipinski definition) is 5. The number of rotatable bonds is 6. The maximum atomic E-state index is 12.6. The molecule has 1 atom stereocenters. The molecule has 0 spiro atoms. The van der Waals surface area contributed by atoms with E-state index in [-0.39, 0.29) is 5.91 Å². The standard InChI is InChI=1S/C18H24N2O3S/c1-3-22-11-14-5-4-8-20(10-14)17(21)9-15-12-24-18(19-15)16-7-6-13(2)23-16/h6-7,12,14H,3-5,8-11H2,1-2H3/t14-/m1/s1. The molecule has 0 N–H and O–H groups in total. The molecule has 0 saturated carbocycles. The van der Waals surface area contributed by atoms with Crippen LogP contribution in [0.15, 0.2) is 21.9 Å². The zero-order chi connectivity index (χ0) is 16.9. The molecule has 1 aliphatic rings. The molecule has 1 fully saturated rings. The molecule has 24 heavy (non-hydrogen) atoms. The van der Waals surface area contributed by atoms with Gasteiger partial charge in [0, 0.05) is 25.1 Å². The summed E-state index contributed by atoms with van der Waals surface area (Å²) in [7, 11) is 0. The summed E-state index contributed by atoms with van der Waals surface area (Å²) in [5.74, 6) is 2.25. The molecule has 0 radical (unpaired) electrons. The molecule has 0 bridgehead atoms. The summed E-state index contributed by atoms with van der Waals surface area (Å²) >= 11 is 1.52. The van der Waals surface area contributed by atoms with Gasteiger partial charge in [-0.05, 0) is 44.7 Å². The summed E-state index contributed by atoms with van der Waals surface area (Å²) in [6, 6.07) is 3.84. The lowest BCUT2D eigenvalue weighted by Crippen LogP contribution is -2.42. The van der Waals surface area contributed by atoms with Crippen molar-refractivity contribution in [2.24, 2.45) is 5.92 Å². The first kappa shape index (κ1) is 17.2. The number of piperidine rings is 1. The second-order valence-electron chi connectivity index (χ2n) is 6.24. The van der Waals surface area contributed by atoms with Crippen LogP contribution in [0.1, 0.15) is 31.2 Å². The summed E-state index contributed by atoms with van der Waals surface area (Å²) in [6.45, 7) is 7.04. The van der Waals surface area contributed by atoms with Crippen LogP contribution in [-0.2, 0) is 16.0 Å². The Morgan fingerprint density at radius 1 is 1.50 bits per heavy atom. The van der Waals surface area contributed by atoms with Crippen molar-refractivity contribution in [2.45, 2.75) is 33.1 Å². The van der Waals surface area contributed by atoms with E-state index in [2.05, 4.69) is 4.98 Å². The van der Waals surface area contributed by atoms with Crippen molar-refractivity contribution >= 4 is 17.2 Å². The second kappa shape index (κ2) is 7.94. The van der Waals surface area contributed by atoms with Gasteiger partial charge in [0.25, 0.3) is 0 Å². The highest BCUT2D eigenvalue weighted by Crippen LogP contribution is 2.26. The summed E-state index contributed by atoms with van der Waals surface area (Å²) in [6.07, 6.45) is 2.55. The number of likely N-dealkylation sites (tertiary alicyclic amines) is 1. The molecule has 1 amide bonds. The fraction of sp³-hybridized carbons (Fsp3) is 0.556. The van der Waals surface area contributed by atoms with Crippen LogP contribution in [0.4, 0.5) is 0 Å². The molecule has 2 aromatic rings. The molecular weight excluding hydrogens is 324 g/mol. The molecule has 0 unspecified atom stereocenters. The van der Waals surface area contributed by atoms with E-state index in [4.69, 9.17) is 9.15 Å². The third-order valence-corrected chi connectivity index (χ3v) is 5.17. The van der Waals surface area contributed by atoms with E-state index in [0.717, 1.165) is 61.4 Å². The number of aromatic nitrogens is 1. The zero-order valence-electron chi connectivity index (χ0n) is 14.3. The number of nitrogens with zero attached hydrogens (tertiary/aromatic N) is 2. The van der Waals surface area contributed by atoms with Crippen LogP contribution in [0, 0.1) is 12.8 Å². The molecule has 2 aromatic heterocycles. The lowest BCUT2D eigenvalue weighted by Gasteiger charge is -2.32. The first-order chi connectivity index (χ1) is 11.7. The Kier molecular flexibility index (Phi) is 5.68. The van der Waals surface area contributed by atoms with E-state index in [1.165, 1.54) is 11.3 Å². The fourth-order valence-electron chi connectivity index (χ4n) is 3.03. The van der Waals surface area contributed by atoms with E-state index in [1.807, 2.05) is 36.3 Å². The predicted octanol–water partition coefficient (Wildman–Crippen LogP) is 3.53. The van der Waals surface area contributed by atoms with E-state index in [9.17, 15) is 4.79 Å². The Bertz CT molecular complexity index is 679.